The number of ether oxygens (including phenoxy) is 1. The number of benzene rings is 2. The van der Waals surface area contributed by atoms with Gasteiger partial charge in [-0.05, 0) is 36.8 Å². The Kier molecular flexibility index (Phi) is 7.57. The molecule has 1 amide bonds. The molecule has 2 aromatic carbocycles. The Bertz CT molecular complexity index is 960. The van der Waals surface area contributed by atoms with Gasteiger partial charge in [-0.3, -0.25) is 4.79 Å². The zero-order chi connectivity index (χ0) is 20.6. The minimum absolute atomic E-state index is 0.130. The molecule has 2 N–H and O–H groups in total. The third-order valence-electron chi connectivity index (χ3n) is 4.11. The molecule has 3 rings (SSSR count). The van der Waals surface area contributed by atoms with Gasteiger partial charge in [0.2, 0.25) is 5.91 Å². The third-order valence-corrected chi connectivity index (χ3v) is 5.35. The number of nitrogens with zero attached hydrogens (tertiary/aromatic N) is 2. The van der Waals surface area contributed by atoms with E-state index in [9.17, 15) is 9.90 Å². The molecule has 0 atom stereocenters. The van der Waals surface area contributed by atoms with E-state index in [1.54, 1.807) is 12.3 Å². The van der Waals surface area contributed by atoms with E-state index in [-0.39, 0.29) is 18.3 Å². The molecule has 0 fully saturated rings. The number of thioether (sulfide) groups is 1. The Labute approximate surface area is 178 Å². The second kappa shape index (κ2) is 10.3. The van der Waals surface area contributed by atoms with Gasteiger partial charge in [0.25, 0.3) is 0 Å². The van der Waals surface area contributed by atoms with E-state index in [0.717, 1.165) is 5.56 Å². The minimum Gasteiger partial charge on any atom is -0.492 e. The number of hydrogen-bond donors (Lipinski definition) is 2. The molecule has 6 nitrogen and oxygen atoms in total. The summed E-state index contributed by atoms with van der Waals surface area (Å²) in [6, 6.07) is 14.8. The van der Waals surface area contributed by atoms with Gasteiger partial charge in [-0.25, -0.2) is 4.98 Å². The van der Waals surface area contributed by atoms with Crippen molar-refractivity contribution in [3.63, 3.8) is 0 Å². The average molecular weight is 432 g/mol. The summed E-state index contributed by atoms with van der Waals surface area (Å²) in [6.45, 7) is 2.82. The number of aliphatic hydroxyl groups is 1. The maximum absolute atomic E-state index is 12.4. The van der Waals surface area contributed by atoms with Crippen molar-refractivity contribution in [2.24, 2.45) is 0 Å². The van der Waals surface area contributed by atoms with Gasteiger partial charge >= 0.3 is 0 Å². The van der Waals surface area contributed by atoms with Crippen LogP contribution in [0.5, 0.6) is 5.75 Å². The van der Waals surface area contributed by atoms with Crippen LogP contribution in [-0.2, 0) is 17.9 Å². The Balaban J connectivity index is 1.67. The smallest absolute Gasteiger partial charge is 0.234 e. The van der Waals surface area contributed by atoms with Crippen molar-refractivity contribution >= 4 is 35.0 Å². The highest BCUT2D eigenvalue weighted by atomic mass is 35.5. The van der Waals surface area contributed by atoms with Crippen LogP contribution in [0.1, 0.15) is 18.2 Å². The molecule has 0 spiro atoms. The lowest BCUT2D eigenvalue weighted by molar-refractivity contribution is -0.113. The molecule has 0 aliphatic rings. The van der Waals surface area contributed by atoms with Crippen molar-refractivity contribution < 1.29 is 14.6 Å². The fourth-order valence-corrected chi connectivity index (χ4v) is 3.67. The van der Waals surface area contributed by atoms with Gasteiger partial charge in [0.1, 0.15) is 5.75 Å². The summed E-state index contributed by atoms with van der Waals surface area (Å²) >= 11 is 7.26. The van der Waals surface area contributed by atoms with Gasteiger partial charge in [0, 0.05) is 11.6 Å². The van der Waals surface area contributed by atoms with Gasteiger partial charge in [0.05, 0.1) is 36.5 Å². The predicted molar refractivity (Wildman–Crippen MR) is 116 cm³/mol. The highest BCUT2D eigenvalue weighted by Crippen LogP contribution is 2.25. The molecule has 3 aromatic rings. The SMILES string of the molecule is CCOc1ccccc1NC(=O)CSc1ncc(CO)n1Cc1ccc(Cl)cc1. The van der Waals surface area contributed by atoms with Crippen LogP contribution in [0.15, 0.2) is 59.9 Å². The summed E-state index contributed by atoms with van der Waals surface area (Å²) in [5, 5.41) is 13.8. The minimum atomic E-state index is -0.159. The van der Waals surface area contributed by atoms with Gasteiger partial charge < -0.3 is 19.7 Å². The molecular weight excluding hydrogens is 410 g/mol. The summed E-state index contributed by atoms with van der Waals surface area (Å²) in [6.07, 6.45) is 1.63. The van der Waals surface area contributed by atoms with Crippen molar-refractivity contribution in [2.45, 2.75) is 25.2 Å². The molecular formula is C21H22ClN3O3S. The highest BCUT2D eigenvalue weighted by Gasteiger charge is 2.14. The second-order valence-corrected chi connectivity index (χ2v) is 7.55. The first-order chi connectivity index (χ1) is 14.1. The number of hydrogen-bond acceptors (Lipinski definition) is 5. The molecule has 0 unspecified atom stereocenters. The third kappa shape index (κ3) is 5.76. The second-order valence-electron chi connectivity index (χ2n) is 6.17. The number of nitrogens with one attached hydrogen (secondary N) is 1. The van der Waals surface area contributed by atoms with Crippen LogP contribution in [0, 0.1) is 0 Å². The van der Waals surface area contributed by atoms with E-state index in [1.165, 1.54) is 11.8 Å². The van der Waals surface area contributed by atoms with E-state index in [1.807, 2.05) is 54.0 Å². The number of halogens is 1. The summed E-state index contributed by atoms with van der Waals surface area (Å²) in [5.74, 6) is 0.664. The molecule has 0 aliphatic carbocycles. The molecule has 1 aromatic heterocycles. The van der Waals surface area contributed by atoms with Gasteiger partial charge in [0.15, 0.2) is 5.16 Å². The fraction of sp³-hybridized carbons (Fsp3) is 0.238. The summed E-state index contributed by atoms with van der Waals surface area (Å²) in [5.41, 5.74) is 2.35. The number of rotatable bonds is 9. The molecule has 0 aliphatic heterocycles. The molecule has 0 radical (unpaired) electrons. The van der Waals surface area contributed by atoms with Gasteiger partial charge in [-0.2, -0.15) is 0 Å². The van der Waals surface area contributed by atoms with Crippen molar-refractivity contribution in [3.05, 3.63) is 71.0 Å². The summed E-state index contributed by atoms with van der Waals surface area (Å²) < 4.78 is 7.44. The Morgan fingerprint density at radius 1 is 1.24 bits per heavy atom. The average Bonchev–Trinajstić information content (AvgIpc) is 3.11. The van der Waals surface area contributed by atoms with Crippen molar-refractivity contribution in [1.82, 2.24) is 9.55 Å². The van der Waals surface area contributed by atoms with Gasteiger partial charge in [-0.1, -0.05) is 47.6 Å². The molecule has 1 heterocycles. The lowest BCUT2D eigenvalue weighted by Gasteiger charge is -2.12. The van der Waals surface area contributed by atoms with E-state index >= 15 is 0 Å². The number of aliphatic hydroxyl groups excluding tert-OH is 1. The summed E-state index contributed by atoms with van der Waals surface area (Å²) in [4.78, 5) is 16.8. The molecule has 0 bridgehead atoms. The maximum Gasteiger partial charge on any atom is 0.234 e. The largest absolute Gasteiger partial charge is 0.492 e. The van der Waals surface area contributed by atoms with Crippen LogP contribution in [0.4, 0.5) is 5.69 Å². The normalized spacial score (nSPS) is 10.7. The Morgan fingerprint density at radius 3 is 2.72 bits per heavy atom. The van der Waals surface area contributed by atoms with Crippen LogP contribution >= 0.6 is 23.4 Å². The monoisotopic (exact) mass is 431 g/mol. The number of amides is 1. The van der Waals surface area contributed by atoms with Crippen molar-refractivity contribution in [1.29, 1.82) is 0 Å². The first-order valence-corrected chi connectivity index (χ1v) is 10.5. The van der Waals surface area contributed by atoms with Crippen molar-refractivity contribution in [3.8, 4) is 5.75 Å². The number of imidazole rings is 1. The Hall–Kier alpha value is -2.48. The lowest BCUT2D eigenvalue weighted by Crippen LogP contribution is -2.16. The fourth-order valence-electron chi connectivity index (χ4n) is 2.74. The molecule has 0 saturated heterocycles. The van der Waals surface area contributed by atoms with Crippen LogP contribution < -0.4 is 10.1 Å². The first kappa shape index (κ1) is 21.2. The van der Waals surface area contributed by atoms with E-state index < -0.39 is 0 Å². The predicted octanol–water partition coefficient (Wildman–Crippen LogP) is 4.21. The Morgan fingerprint density at radius 2 is 2.00 bits per heavy atom. The molecule has 0 saturated carbocycles. The lowest BCUT2D eigenvalue weighted by atomic mass is 10.2. The van der Waals surface area contributed by atoms with E-state index in [2.05, 4.69) is 10.3 Å². The number of carbonyl (C=O) groups excluding carboxylic acids is 1. The molecule has 29 heavy (non-hydrogen) atoms. The van der Waals surface area contributed by atoms with Crippen LogP contribution in [-0.4, -0.2) is 32.9 Å². The quantitative estimate of drug-likeness (QED) is 0.496. The zero-order valence-electron chi connectivity index (χ0n) is 16.0. The number of carbonyl (C=O) groups is 1. The molecule has 152 valence electrons. The zero-order valence-corrected chi connectivity index (χ0v) is 17.5. The standard InChI is InChI=1S/C21H22ClN3O3S/c1-2-28-19-6-4-3-5-18(19)24-20(27)14-29-21-23-11-17(13-26)25(21)12-15-7-9-16(22)10-8-15/h3-11,26H,2,12-14H2,1H3,(H,24,27). The summed E-state index contributed by atoms with van der Waals surface area (Å²) in [7, 11) is 0. The van der Waals surface area contributed by atoms with Gasteiger partial charge in [-0.15, -0.1) is 0 Å². The first-order valence-electron chi connectivity index (χ1n) is 9.15. The number of aromatic nitrogens is 2. The van der Waals surface area contributed by atoms with Crippen LogP contribution in [0.3, 0.4) is 0 Å². The van der Waals surface area contributed by atoms with E-state index in [4.69, 9.17) is 16.3 Å². The number of anilines is 1. The highest BCUT2D eigenvalue weighted by molar-refractivity contribution is 7.99. The maximum atomic E-state index is 12.4. The van der Waals surface area contributed by atoms with Crippen LogP contribution in [0.2, 0.25) is 5.02 Å². The van der Waals surface area contributed by atoms with Crippen LogP contribution in [0.25, 0.3) is 0 Å². The molecule has 8 heteroatoms. The van der Waals surface area contributed by atoms with Crippen molar-refractivity contribution in [2.75, 3.05) is 17.7 Å². The number of para-hydroxylation sites is 2. The topological polar surface area (TPSA) is 76.4 Å². The van der Waals surface area contributed by atoms with E-state index in [0.29, 0.717) is 40.5 Å².